The average Bonchev–Trinajstić information content (AvgIpc) is 2.32. The highest BCUT2D eigenvalue weighted by molar-refractivity contribution is 5.86. The minimum absolute atomic E-state index is 0.182. The van der Waals surface area contributed by atoms with Gasteiger partial charge in [-0.1, -0.05) is 30.3 Å². The molecule has 16 heavy (non-hydrogen) atoms. The number of unbranched alkanes of at least 4 members (excludes halogenated alkanes) is 1. The maximum atomic E-state index is 11.9. The van der Waals surface area contributed by atoms with Crippen molar-refractivity contribution < 1.29 is 4.79 Å². The zero-order chi connectivity index (χ0) is 11.8. The lowest BCUT2D eigenvalue weighted by atomic mass is 9.92. The van der Waals surface area contributed by atoms with Gasteiger partial charge in [0.1, 0.15) is 5.78 Å². The van der Waals surface area contributed by atoms with E-state index in [0.29, 0.717) is 19.4 Å². The van der Waals surface area contributed by atoms with Crippen LogP contribution in [0.4, 0.5) is 0 Å². The summed E-state index contributed by atoms with van der Waals surface area (Å²) in [5, 5.41) is 0. The first-order valence-electron chi connectivity index (χ1n) is 5.50. The third kappa shape index (κ3) is 3.52. The van der Waals surface area contributed by atoms with Gasteiger partial charge < -0.3 is 5.73 Å². The van der Waals surface area contributed by atoms with Crippen molar-refractivity contribution >= 4 is 5.78 Å². The number of terminal acetylenes is 1. The van der Waals surface area contributed by atoms with Crippen LogP contribution in [0, 0.1) is 12.3 Å². The highest BCUT2D eigenvalue weighted by Crippen LogP contribution is 2.17. The van der Waals surface area contributed by atoms with Gasteiger partial charge in [-0.15, -0.1) is 12.3 Å². The summed E-state index contributed by atoms with van der Waals surface area (Å²) >= 11 is 0. The van der Waals surface area contributed by atoms with Crippen molar-refractivity contribution in [3.63, 3.8) is 0 Å². The van der Waals surface area contributed by atoms with Gasteiger partial charge in [0.05, 0.1) is 5.92 Å². The lowest BCUT2D eigenvalue weighted by Gasteiger charge is -2.13. The van der Waals surface area contributed by atoms with E-state index >= 15 is 0 Å². The summed E-state index contributed by atoms with van der Waals surface area (Å²) in [6.07, 6.45) is 7.06. The van der Waals surface area contributed by atoms with E-state index in [9.17, 15) is 4.79 Å². The molecule has 1 rings (SSSR count). The second-order valence-electron chi connectivity index (χ2n) is 3.72. The zero-order valence-corrected chi connectivity index (χ0v) is 9.36. The van der Waals surface area contributed by atoms with Crippen molar-refractivity contribution in [2.45, 2.75) is 25.2 Å². The summed E-state index contributed by atoms with van der Waals surface area (Å²) in [5.74, 6) is 2.54. The maximum absolute atomic E-state index is 11.9. The van der Waals surface area contributed by atoms with Crippen LogP contribution in [0.2, 0.25) is 0 Å². The SMILES string of the molecule is C#CCCCC(=O)C(CN)c1ccccc1. The Kier molecular flexibility index (Phi) is 5.31. The zero-order valence-electron chi connectivity index (χ0n) is 9.36. The molecule has 1 aromatic rings. The van der Waals surface area contributed by atoms with Crippen LogP contribution < -0.4 is 5.73 Å². The molecule has 0 aliphatic rings. The number of hydrogen-bond donors (Lipinski definition) is 1. The molecule has 0 aromatic heterocycles. The molecule has 84 valence electrons. The molecular weight excluding hydrogens is 198 g/mol. The van der Waals surface area contributed by atoms with Gasteiger partial charge in [-0.2, -0.15) is 0 Å². The minimum Gasteiger partial charge on any atom is -0.329 e. The van der Waals surface area contributed by atoms with Crippen molar-refractivity contribution in [3.05, 3.63) is 35.9 Å². The van der Waals surface area contributed by atoms with Gasteiger partial charge in [0.2, 0.25) is 0 Å². The number of rotatable bonds is 6. The Bertz CT molecular complexity index is 364. The van der Waals surface area contributed by atoms with Crippen molar-refractivity contribution in [3.8, 4) is 12.3 Å². The van der Waals surface area contributed by atoms with Gasteiger partial charge in [0, 0.05) is 19.4 Å². The van der Waals surface area contributed by atoms with Gasteiger partial charge in [-0.3, -0.25) is 4.79 Å². The lowest BCUT2D eigenvalue weighted by molar-refractivity contribution is -0.120. The van der Waals surface area contributed by atoms with Crippen LogP contribution in [-0.2, 0) is 4.79 Å². The van der Waals surface area contributed by atoms with Crippen molar-refractivity contribution in [1.29, 1.82) is 0 Å². The molecule has 1 unspecified atom stereocenters. The van der Waals surface area contributed by atoms with Gasteiger partial charge in [0.15, 0.2) is 0 Å². The first kappa shape index (κ1) is 12.5. The summed E-state index contributed by atoms with van der Waals surface area (Å²) in [6, 6.07) is 9.66. The smallest absolute Gasteiger partial charge is 0.141 e. The summed E-state index contributed by atoms with van der Waals surface area (Å²) < 4.78 is 0. The molecule has 0 saturated heterocycles. The molecule has 0 aliphatic carbocycles. The number of Topliss-reactive ketones (excluding diaryl/α,β-unsaturated/α-hetero) is 1. The van der Waals surface area contributed by atoms with E-state index in [1.165, 1.54) is 0 Å². The Morgan fingerprint density at radius 2 is 2.06 bits per heavy atom. The number of carbonyl (C=O) groups excluding carboxylic acids is 1. The average molecular weight is 215 g/mol. The van der Waals surface area contributed by atoms with Crippen molar-refractivity contribution in [2.75, 3.05) is 6.54 Å². The van der Waals surface area contributed by atoms with Crippen LogP contribution in [0.5, 0.6) is 0 Å². The highest BCUT2D eigenvalue weighted by atomic mass is 16.1. The van der Waals surface area contributed by atoms with Crippen LogP contribution >= 0.6 is 0 Å². The number of ketones is 1. The van der Waals surface area contributed by atoms with E-state index in [-0.39, 0.29) is 11.7 Å². The normalized spacial score (nSPS) is 11.8. The molecule has 1 aromatic carbocycles. The molecule has 0 heterocycles. The van der Waals surface area contributed by atoms with Crippen LogP contribution in [-0.4, -0.2) is 12.3 Å². The third-order valence-electron chi connectivity index (χ3n) is 2.57. The molecule has 0 fully saturated rings. The molecule has 0 radical (unpaired) electrons. The summed E-state index contributed by atoms with van der Waals surface area (Å²) in [7, 11) is 0. The largest absolute Gasteiger partial charge is 0.329 e. The van der Waals surface area contributed by atoms with E-state index in [4.69, 9.17) is 12.2 Å². The summed E-state index contributed by atoms with van der Waals surface area (Å²) in [5.41, 5.74) is 6.64. The Hall–Kier alpha value is -1.59. The van der Waals surface area contributed by atoms with E-state index < -0.39 is 0 Å². The van der Waals surface area contributed by atoms with E-state index in [2.05, 4.69) is 5.92 Å². The van der Waals surface area contributed by atoms with Crippen LogP contribution in [0.1, 0.15) is 30.7 Å². The fourth-order valence-electron chi connectivity index (χ4n) is 1.68. The van der Waals surface area contributed by atoms with Crippen molar-refractivity contribution in [2.24, 2.45) is 5.73 Å². The van der Waals surface area contributed by atoms with Gasteiger partial charge in [-0.25, -0.2) is 0 Å². The predicted molar refractivity (Wildman–Crippen MR) is 65.9 cm³/mol. The maximum Gasteiger partial charge on any atom is 0.141 e. The molecule has 0 aliphatic heterocycles. The highest BCUT2D eigenvalue weighted by Gasteiger charge is 2.17. The van der Waals surface area contributed by atoms with Crippen molar-refractivity contribution in [1.82, 2.24) is 0 Å². The Morgan fingerprint density at radius 1 is 1.38 bits per heavy atom. The summed E-state index contributed by atoms with van der Waals surface area (Å²) in [4.78, 5) is 11.9. The van der Waals surface area contributed by atoms with Gasteiger partial charge >= 0.3 is 0 Å². The molecule has 1 atom stereocenters. The van der Waals surface area contributed by atoms with E-state index in [0.717, 1.165) is 12.0 Å². The van der Waals surface area contributed by atoms with Gasteiger partial charge in [0.25, 0.3) is 0 Å². The molecular formula is C14H17NO. The standard InChI is InChI=1S/C14H17NO/c1-2-3-5-10-14(16)13(11-15)12-8-6-4-7-9-12/h1,4,6-9,13H,3,5,10-11,15H2. The Balaban J connectivity index is 2.61. The first-order chi connectivity index (χ1) is 7.79. The van der Waals surface area contributed by atoms with Crippen LogP contribution in [0.15, 0.2) is 30.3 Å². The topological polar surface area (TPSA) is 43.1 Å². The third-order valence-corrected chi connectivity index (χ3v) is 2.57. The monoisotopic (exact) mass is 215 g/mol. The number of carbonyl (C=O) groups is 1. The fraction of sp³-hybridized carbons (Fsp3) is 0.357. The quantitative estimate of drug-likeness (QED) is 0.583. The second kappa shape index (κ2) is 6.81. The molecule has 0 bridgehead atoms. The first-order valence-corrected chi connectivity index (χ1v) is 5.50. The van der Waals surface area contributed by atoms with E-state index in [1.807, 2.05) is 30.3 Å². The molecule has 2 nitrogen and oxygen atoms in total. The van der Waals surface area contributed by atoms with Gasteiger partial charge in [-0.05, 0) is 12.0 Å². The number of benzene rings is 1. The summed E-state index contributed by atoms with van der Waals surface area (Å²) in [6.45, 7) is 0.360. The van der Waals surface area contributed by atoms with E-state index in [1.54, 1.807) is 0 Å². The number of hydrogen-bond acceptors (Lipinski definition) is 2. The second-order valence-corrected chi connectivity index (χ2v) is 3.72. The molecule has 0 amide bonds. The molecule has 0 saturated carbocycles. The fourth-order valence-corrected chi connectivity index (χ4v) is 1.68. The van der Waals surface area contributed by atoms with Crippen LogP contribution in [0.3, 0.4) is 0 Å². The molecule has 0 spiro atoms. The Labute approximate surface area is 96.9 Å². The van der Waals surface area contributed by atoms with Crippen LogP contribution in [0.25, 0.3) is 0 Å². The molecule has 2 N–H and O–H groups in total. The number of nitrogens with two attached hydrogens (primary N) is 1. The molecule has 2 heteroatoms. The predicted octanol–water partition coefficient (Wildman–Crippen LogP) is 2.10. The lowest BCUT2D eigenvalue weighted by Crippen LogP contribution is -2.21. The minimum atomic E-state index is -0.182. The Morgan fingerprint density at radius 3 is 2.62 bits per heavy atom.